The Morgan fingerprint density at radius 1 is 1.22 bits per heavy atom. The van der Waals surface area contributed by atoms with Crippen LogP contribution in [0, 0.1) is 23.2 Å². The minimum Gasteiger partial charge on any atom is -0.393 e. The van der Waals surface area contributed by atoms with Gasteiger partial charge >= 0.3 is 0 Å². The van der Waals surface area contributed by atoms with Gasteiger partial charge in [0.1, 0.15) is 0 Å². The molecule has 1 heterocycles. The van der Waals surface area contributed by atoms with Crippen LogP contribution in [-0.4, -0.2) is 34.6 Å². The zero-order valence-corrected chi connectivity index (χ0v) is 11.7. The van der Waals surface area contributed by atoms with Crippen LogP contribution in [0.2, 0.25) is 0 Å². The summed E-state index contributed by atoms with van der Waals surface area (Å²) in [6, 6.07) is 0. The summed E-state index contributed by atoms with van der Waals surface area (Å²) in [7, 11) is 0. The fraction of sp³-hybridized carbons (Fsp3) is 1.00. The SMILES string of the molecule is CC(C)C1CCC2(C)C(O)CCC3(O)COC1C32. The molecule has 18 heavy (non-hydrogen) atoms. The van der Waals surface area contributed by atoms with Crippen LogP contribution in [0.4, 0.5) is 0 Å². The maximum absolute atomic E-state index is 10.9. The molecule has 0 aromatic carbocycles. The molecule has 2 aliphatic carbocycles. The molecule has 0 spiro atoms. The Bertz CT molecular complexity index is 343. The van der Waals surface area contributed by atoms with E-state index in [0.29, 0.717) is 31.3 Å². The first-order valence-corrected chi connectivity index (χ1v) is 7.40. The normalized spacial score (nSPS) is 55.7. The Morgan fingerprint density at radius 3 is 2.61 bits per heavy atom. The third kappa shape index (κ3) is 1.53. The molecule has 1 saturated heterocycles. The molecule has 0 aromatic heterocycles. The quantitative estimate of drug-likeness (QED) is 0.752. The van der Waals surface area contributed by atoms with Crippen molar-refractivity contribution in [2.75, 3.05) is 6.61 Å². The van der Waals surface area contributed by atoms with E-state index in [0.717, 1.165) is 12.8 Å². The Balaban J connectivity index is 1.98. The van der Waals surface area contributed by atoms with E-state index < -0.39 is 5.60 Å². The van der Waals surface area contributed by atoms with E-state index in [-0.39, 0.29) is 23.5 Å². The molecular weight excluding hydrogens is 228 g/mol. The first-order chi connectivity index (χ1) is 8.38. The van der Waals surface area contributed by atoms with Crippen molar-refractivity contribution in [2.45, 2.75) is 64.3 Å². The van der Waals surface area contributed by atoms with Gasteiger partial charge in [-0.15, -0.1) is 0 Å². The molecule has 6 unspecified atom stereocenters. The molecule has 6 atom stereocenters. The standard InChI is InChI=1S/C15H26O3/c1-9(2)10-4-6-14(3)11(16)5-7-15(17)8-18-12(10)13(14)15/h9-13,16-17H,4-8H2,1-3H3. The van der Waals surface area contributed by atoms with Gasteiger partial charge in [0.2, 0.25) is 0 Å². The van der Waals surface area contributed by atoms with Crippen molar-refractivity contribution in [1.29, 1.82) is 0 Å². The lowest BCUT2D eigenvalue weighted by molar-refractivity contribution is -0.170. The van der Waals surface area contributed by atoms with Crippen molar-refractivity contribution in [3.63, 3.8) is 0 Å². The van der Waals surface area contributed by atoms with E-state index >= 15 is 0 Å². The van der Waals surface area contributed by atoms with Crippen molar-refractivity contribution < 1.29 is 14.9 Å². The smallest absolute Gasteiger partial charge is 0.0940 e. The van der Waals surface area contributed by atoms with Gasteiger partial charge in [-0.25, -0.2) is 0 Å². The highest BCUT2D eigenvalue weighted by atomic mass is 16.5. The van der Waals surface area contributed by atoms with E-state index in [4.69, 9.17) is 4.74 Å². The minimum atomic E-state index is -0.688. The summed E-state index contributed by atoms with van der Waals surface area (Å²) in [5, 5.41) is 21.3. The van der Waals surface area contributed by atoms with E-state index in [1.165, 1.54) is 0 Å². The highest BCUT2D eigenvalue weighted by Gasteiger charge is 2.64. The van der Waals surface area contributed by atoms with Crippen molar-refractivity contribution in [1.82, 2.24) is 0 Å². The summed E-state index contributed by atoms with van der Waals surface area (Å²) < 4.78 is 6.00. The summed E-state index contributed by atoms with van der Waals surface area (Å²) in [6.07, 6.45) is 3.40. The largest absolute Gasteiger partial charge is 0.393 e. The lowest BCUT2D eigenvalue weighted by Gasteiger charge is -2.55. The molecule has 3 rings (SSSR count). The van der Waals surface area contributed by atoms with Gasteiger partial charge in [0, 0.05) is 11.3 Å². The van der Waals surface area contributed by atoms with Crippen LogP contribution in [0.25, 0.3) is 0 Å². The van der Waals surface area contributed by atoms with Gasteiger partial charge in [-0.1, -0.05) is 20.8 Å². The summed E-state index contributed by atoms with van der Waals surface area (Å²) in [6.45, 7) is 7.11. The molecule has 2 saturated carbocycles. The number of hydrogen-bond donors (Lipinski definition) is 2. The highest BCUT2D eigenvalue weighted by Crippen LogP contribution is 2.60. The topological polar surface area (TPSA) is 49.7 Å². The molecule has 0 radical (unpaired) electrons. The molecule has 0 amide bonds. The Labute approximate surface area is 110 Å². The van der Waals surface area contributed by atoms with E-state index in [1.54, 1.807) is 0 Å². The number of aliphatic hydroxyl groups is 2. The van der Waals surface area contributed by atoms with Gasteiger partial charge in [-0.3, -0.25) is 0 Å². The van der Waals surface area contributed by atoms with Crippen LogP contribution in [0.3, 0.4) is 0 Å². The molecule has 3 heteroatoms. The lowest BCUT2D eigenvalue weighted by Crippen LogP contribution is -2.60. The molecule has 3 aliphatic rings. The van der Waals surface area contributed by atoms with Crippen LogP contribution in [0.5, 0.6) is 0 Å². The molecule has 3 nitrogen and oxygen atoms in total. The predicted octanol–water partition coefficient (Wildman–Crippen LogP) is 1.96. The third-order valence-electron chi connectivity index (χ3n) is 6.05. The fourth-order valence-corrected chi connectivity index (χ4v) is 4.92. The van der Waals surface area contributed by atoms with Crippen molar-refractivity contribution in [2.24, 2.45) is 23.2 Å². The monoisotopic (exact) mass is 254 g/mol. The summed E-state index contributed by atoms with van der Waals surface area (Å²) in [5.41, 5.74) is -0.842. The van der Waals surface area contributed by atoms with Crippen LogP contribution in [0.1, 0.15) is 46.5 Å². The zero-order valence-electron chi connectivity index (χ0n) is 11.7. The molecule has 1 aliphatic heterocycles. The van der Waals surface area contributed by atoms with Gasteiger partial charge in [-0.2, -0.15) is 0 Å². The first kappa shape index (κ1) is 12.9. The van der Waals surface area contributed by atoms with E-state index in [2.05, 4.69) is 20.8 Å². The average molecular weight is 254 g/mol. The lowest BCUT2D eigenvalue weighted by atomic mass is 9.51. The van der Waals surface area contributed by atoms with E-state index in [1.807, 2.05) is 0 Å². The molecule has 3 fully saturated rings. The maximum Gasteiger partial charge on any atom is 0.0940 e. The predicted molar refractivity (Wildman–Crippen MR) is 69.1 cm³/mol. The van der Waals surface area contributed by atoms with Crippen LogP contribution >= 0.6 is 0 Å². The first-order valence-electron chi connectivity index (χ1n) is 7.40. The van der Waals surface area contributed by atoms with Gasteiger partial charge in [0.25, 0.3) is 0 Å². The number of aliphatic hydroxyl groups excluding tert-OH is 1. The molecule has 0 aromatic rings. The Morgan fingerprint density at radius 2 is 1.94 bits per heavy atom. The highest BCUT2D eigenvalue weighted by molar-refractivity contribution is 5.13. The van der Waals surface area contributed by atoms with Gasteiger partial charge in [0.15, 0.2) is 0 Å². The average Bonchev–Trinajstić information content (AvgIpc) is 2.65. The number of rotatable bonds is 1. The molecular formula is C15H26O3. The summed E-state index contributed by atoms with van der Waals surface area (Å²) in [4.78, 5) is 0. The van der Waals surface area contributed by atoms with Crippen LogP contribution < -0.4 is 0 Å². The Hall–Kier alpha value is -0.120. The van der Waals surface area contributed by atoms with Gasteiger partial charge in [0.05, 0.1) is 24.4 Å². The van der Waals surface area contributed by atoms with Gasteiger partial charge in [-0.05, 0) is 37.5 Å². The van der Waals surface area contributed by atoms with Crippen LogP contribution in [-0.2, 0) is 4.74 Å². The van der Waals surface area contributed by atoms with Crippen molar-refractivity contribution in [3.05, 3.63) is 0 Å². The molecule has 0 bridgehead atoms. The van der Waals surface area contributed by atoms with Crippen molar-refractivity contribution >= 4 is 0 Å². The summed E-state index contributed by atoms with van der Waals surface area (Å²) >= 11 is 0. The van der Waals surface area contributed by atoms with Gasteiger partial charge < -0.3 is 14.9 Å². The minimum absolute atomic E-state index is 0.120. The summed E-state index contributed by atoms with van der Waals surface area (Å²) in [5.74, 6) is 1.23. The maximum atomic E-state index is 10.9. The van der Waals surface area contributed by atoms with Crippen molar-refractivity contribution in [3.8, 4) is 0 Å². The zero-order chi connectivity index (χ0) is 13.1. The second-order valence-corrected chi connectivity index (χ2v) is 7.36. The number of ether oxygens (including phenoxy) is 1. The van der Waals surface area contributed by atoms with E-state index in [9.17, 15) is 10.2 Å². The second kappa shape index (κ2) is 3.94. The second-order valence-electron chi connectivity index (χ2n) is 7.36. The molecule has 2 N–H and O–H groups in total. The van der Waals surface area contributed by atoms with Crippen LogP contribution in [0.15, 0.2) is 0 Å². The Kier molecular flexibility index (Phi) is 2.82. The fourth-order valence-electron chi connectivity index (χ4n) is 4.92. The number of hydrogen-bond acceptors (Lipinski definition) is 3. The molecule has 104 valence electrons. The third-order valence-corrected chi connectivity index (χ3v) is 6.05.